The van der Waals surface area contributed by atoms with Gasteiger partial charge in [-0.05, 0) is 37.3 Å². The summed E-state index contributed by atoms with van der Waals surface area (Å²) in [6.07, 6.45) is 1.83. The number of benzene rings is 1. The lowest BCUT2D eigenvalue weighted by molar-refractivity contribution is 0.609. The van der Waals surface area contributed by atoms with Gasteiger partial charge in [0.05, 0.1) is 0 Å². The van der Waals surface area contributed by atoms with Crippen molar-refractivity contribution in [3.8, 4) is 0 Å². The molecule has 2 unspecified atom stereocenters. The van der Waals surface area contributed by atoms with Gasteiger partial charge in [0.25, 0.3) is 0 Å². The number of halogens is 1. The van der Waals surface area contributed by atoms with Gasteiger partial charge in [-0.15, -0.1) is 0 Å². The van der Waals surface area contributed by atoms with Gasteiger partial charge >= 0.3 is 0 Å². The molecule has 2 atom stereocenters. The second-order valence-corrected chi connectivity index (χ2v) is 5.07. The van der Waals surface area contributed by atoms with Crippen molar-refractivity contribution in [1.29, 1.82) is 0 Å². The molecule has 0 aliphatic heterocycles. The van der Waals surface area contributed by atoms with Gasteiger partial charge in [0, 0.05) is 19.1 Å². The quantitative estimate of drug-likeness (QED) is 0.632. The van der Waals surface area contributed by atoms with Crippen LogP contribution in [0.2, 0.25) is 0 Å². The Bertz CT molecular complexity index is 445. The zero-order valence-corrected chi connectivity index (χ0v) is 11.6. The van der Waals surface area contributed by atoms with Gasteiger partial charge in [0.2, 0.25) is 0 Å². The van der Waals surface area contributed by atoms with Gasteiger partial charge in [0.1, 0.15) is 5.82 Å². The van der Waals surface area contributed by atoms with E-state index >= 15 is 0 Å². The minimum Gasteiger partial charge on any atom is -0.357 e. The maximum atomic E-state index is 13.5. The Morgan fingerprint density at radius 3 is 2.79 bits per heavy atom. The third kappa shape index (κ3) is 4.23. The first kappa shape index (κ1) is 13.8. The summed E-state index contributed by atoms with van der Waals surface area (Å²) in [7, 11) is 0. The Morgan fingerprint density at radius 1 is 1.42 bits per heavy atom. The summed E-state index contributed by atoms with van der Waals surface area (Å²) in [6, 6.07) is 7.42. The van der Waals surface area contributed by atoms with Crippen LogP contribution < -0.4 is 10.6 Å². The van der Waals surface area contributed by atoms with Crippen LogP contribution in [0.5, 0.6) is 0 Å². The molecule has 1 aromatic rings. The lowest BCUT2D eigenvalue weighted by atomic mass is 10.1. The molecule has 1 fully saturated rings. The van der Waals surface area contributed by atoms with Crippen LogP contribution >= 0.6 is 0 Å². The van der Waals surface area contributed by atoms with Gasteiger partial charge in [-0.2, -0.15) is 0 Å². The zero-order valence-electron chi connectivity index (χ0n) is 11.6. The molecule has 1 aliphatic carbocycles. The smallest absolute Gasteiger partial charge is 0.191 e. The molecule has 1 aromatic carbocycles. The summed E-state index contributed by atoms with van der Waals surface area (Å²) in [5.74, 6) is 1.43. The SMILES string of the molecule is CCNC(=NCCc1ccccc1F)NC1CC1C. The molecular weight excluding hydrogens is 241 g/mol. The van der Waals surface area contributed by atoms with Crippen LogP contribution in [0.25, 0.3) is 0 Å². The van der Waals surface area contributed by atoms with Gasteiger partial charge in [0.15, 0.2) is 5.96 Å². The molecule has 1 aliphatic rings. The second kappa shape index (κ2) is 6.55. The standard InChI is InChI=1S/C15H22FN3/c1-3-17-15(19-14-10-11(14)2)18-9-8-12-6-4-5-7-13(12)16/h4-7,11,14H,3,8-10H2,1-2H3,(H2,17,18,19). The topological polar surface area (TPSA) is 36.4 Å². The van der Waals surface area contributed by atoms with Crippen LogP contribution in [-0.2, 0) is 6.42 Å². The Morgan fingerprint density at radius 2 is 2.16 bits per heavy atom. The van der Waals surface area contributed by atoms with E-state index in [0.717, 1.165) is 24.0 Å². The van der Waals surface area contributed by atoms with E-state index in [2.05, 4.69) is 22.5 Å². The average molecular weight is 263 g/mol. The predicted octanol–water partition coefficient (Wildman–Crippen LogP) is 2.33. The summed E-state index contributed by atoms with van der Waals surface area (Å²) >= 11 is 0. The van der Waals surface area contributed by atoms with Crippen LogP contribution in [0.15, 0.2) is 29.3 Å². The highest BCUT2D eigenvalue weighted by Gasteiger charge is 2.33. The third-order valence-corrected chi connectivity index (χ3v) is 3.38. The van der Waals surface area contributed by atoms with Crippen molar-refractivity contribution >= 4 is 5.96 Å². The van der Waals surface area contributed by atoms with E-state index in [1.807, 2.05) is 19.1 Å². The fourth-order valence-electron chi connectivity index (χ4n) is 2.01. The van der Waals surface area contributed by atoms with Crippen molar-refractivity contribution < 1.29 is 4.39 Å². The van der Waals surface area contributed by atoms with E-state index in [-0.39, 0.29) is 5.82 Å². The predicted molar refractivity (Wildman–Crippen MR) is 76.8 cm³/mol. The number of nitrogens with zero attached hydrogens (tertiary/aromatic N) is 1. The van der Waals surface area contributed by atoms with E-state index in [0.29, 0.717) is 19.0 Å². The normalized spacial score (nSPS) is 22.2. The van der Waals surface area contributed by atoms with Gasteiger partial charge in [-0.25, -0.2) is 4.39 Å². The summed E-state index contributed by atoms with van der Waals surface area (Å²) in [5.41, 5.74) is 0.724. The Labute approximate surface area is 114 Å². The number of hydrogen-bond acceptors (Lipinski definition) is 1. The van der Waals surface area contributed by atoms with E-state index in [1.54, 1.807) is 6.07 Å². The molecule has 0 radical (unpaired) electrons. The van der Waals surface area contributed by atoms with Gasteiger partial charge in [-0.1, -0.05) is 25.1 Å². The monoisotopic (exact) mass is 263 g/mol. The number of rotatable bonds is 5. The molecule has 0 aromatic heterocycles. The highest BCUT2D eigenvalue weighted by molar-refractivity contribution is 5.80. The fourth-order valence-corrected chi connectivity index (χ4v) is 2.01. The first-order valence-corrected chi connectivity index (χ1v) is 6.99. The molecule has 2 rings (SSSR count). The molecule has 3 nitrogen and oxygen atoms in total. The summed E-state index contributed by atoms with van der Waals surface area (Å²) < 4.78 is 13.5. The van der Waals surface area contributed by atoms with Gasteiger partial charge < -0.3 is 10.6 Å². The number of nitrogens with one attached hydrogen (secondary N) is 2. The first-order chi connectivity index (χ1) is 9.20. The average Bonchev–Trinajstić information content (AvgIpc) is 3.07. The number of guanidine groups is 1. The summed E-state index contributed by atoms with van der Waals surface area (Å²) in [6.45, 7) is 5.70. The molecule has 0 bridgehead atoms. The van der Waals surface area contributed by atoms with Crippen LogP contribution in [0, 0.1) is 11.7 Å². The van der Waals surface area contributed by atoms with Crippen LogP contribution in [0.1, 0.15) is 25.8 Å². The molecule has 4 heteroatoms. The molecule has 0 saturated heterocycles. The van der Waals surface area contributed by atoms with Crippen LogP contribution in [0.4, 0.5) is 4.39 Å². The molecule has 1 saturated carbocycles. The van der Waals surface area contributed by atoms with Crippen molar-refractivity contribution in [2.75, 3.05) is 13.1 Å². The summed E-state index contributed by atoms with van der Waals surface area (Å²) in [4.78, 5) is 4.49. The highest BCUT2D eigenvalue weighted by Crippen LogP contribution is 2.28. The van der Waals surface area contributed by atoms with E-state index < -0.39 is 0 Å². The molecule has 0 heterocycles. The van der Waals surface area contributed by atoms with Crippen molar-refractivity contribution in [2.45, 2.75) is 32.7 Å². The Hall–Kier alpha value is -1.58. The molecule has 2 N–H and O–H groups in total. The number of aliphatic imine (C=N–C) groups is 1. The lowest BCUT2D eigenvalue weighted by Crippen LogP contribution is -2.39. The van der Waals surface area contributed by atoms with Crippen molar-refractivity contribution in [1.82, 2.24) is 10.6 Å². The van der Waals surface area contributed by atoms with E-state index in [1.165, 1.54) is 12.5 Å². The third-order valence-electron chi connectivity index (χ3n) is 3.38. The van der Waals surface area contributed by atoms with Gasteiger partial charge in [-0.3, -0.25) is 4.99 Å². The van der Waals surface area contributed by atoms with Crippen molar-refractivity contribution in [3.05, 3.63) is 35.6 Å². The van der Waals surface area contributed by atoms with Crippen molar-refractivity contribution in [3.63, 3.8) is 0 Å². The lowest BCUT2D eigenvalue weighted by Gasteiger charge is -2.10. The van der Waals surface area contributed by atoms with Crippen LogP contribution in [0.3, 0.4) is 0 Å². The molecule has 104 valence electrons. The maximum Gasteiger partial charge on any atom is 0.191 e. The Kier molecular flexibility index (Phi) is 4.77. The Balaban J connectivity index is 1.85. The first-order valence-electron chi connectivity index (χ1n) is 6.99. The van der Waals surface area contributed by atoms with Crippen LogP contribution in [-0.4, -0.2) is 25.1 Å². The number of hydrogen-bond donors (Lipinski definition) is 2. The fraction of sp³-hybridized carbons (Fsp3) is 0.533. The van der Waals surface area contributed by atoms with E-state index in [4.69, 9.17) is 0 Å². The largest absolute Gasteiger partial charge is 0.357 e. The molecular formula is C15H22FN3. The zero-order chi connectivity index (χ0) is 13.7. The minimum atomic E-state index is -0.147. The maximum absolute atomic E-state index is 13.5. The summed E-state index contributed by atoms with van der Waals surface area (Å²) in [5, 5.41) is 6.61. The highest BCUT2D eigenvalue weighted by atomic mass is 19.1. The molecule has 0 spiro atoms. The second-order valence-electron chi connectivity index (χ2n) is 5.07. The van der Waals surface area contributed by atoms with Crippen molar-refractivity contribution in [2.24, 2.45) is 10.9 Å². The van der Waals surface area contributed by atoms with E-state index in [9.17, 15) is 4.39 Å². The molecule has 19 heavy (non-hydrogen) atoms. The molecule has 0 amide bonds. The minimum absolute atomic E-state index is 0.147.